The number of primary amides is 1. The highest BCUT2D eigenvalue weighted by Crippen LogP contribution is 2.56. The second-order valence-corrected chi connectivity index (χ2v) is 9.11. The molecule has 3 aliphatic carbocycles. The number of rotatable bonds is 2. The highest BCUT2D eigenvalue weighted by atomic mass is 35.5. The first-order chi connectivity index (χ1) is 14.8. The SMILES string of the molecule is C[NH+](C)[C@@H]1C(=O)C(C(N)=O)=C(O)[C@@]2(O)C(=O)C3=C(O)c4c(O)cccc4[C@@](C)(O)[C@H]3C[C@@H]12.[Cl-]. The molecule has 0 heterocycles. The van der Waals surface area contributed by atoms with Crippen LogP contribution in [0.1, 0.15) is 24.5 Å². The molecule has 1 aromatic rings. The Hall–Kier alpha value is -2.92. The first kappa shape index (κ1) is 24.7. The van der Waals surface area contributed by atoms with Gasteiger partial charge in [-0.3, -0.25) is 14.4 Å². The number of nitrogens with one attached hydrogen (secondary N) is 1. The van der Waals surface area contributed by atoms with Crippen LogP contribution in [0.5, 0.6) is 5.75 Å². The molecule has 1 amide bonds. The van der Waals surface area contributed by atoms with E-state index in [4.69, 9.17) is 5.73 Å². The van der Waals surface area contributed by atoms with Gasteiger partial charge < -0.3 is 48.6 Å². The molecule has 1 fully saturated rings. The van der Waals surface area contributed by atoms with Crippen LogP contribution in [0.15, 0.2) is 35.1 Å². The Morgan fingerprint density at radius 3 is 2.30 bits per heavy atom. The molecule has 11 heteroatoms. The van der Waals surface area contributed by atoms with Crippen molar-refractivity contribution in [2.75, 3.05) is 14.1 Å². The molecular formula is C22H25ClN2O8. The van der Waals surface area contributed by atoms with Crippen molar-refractivity contribution in [2.45, 2.75) is 30.6 Å². The maximum atomic E-state index is 13.7. The monoisotopic (exact) mass is 480 g/mol. The molecular weight excluding hydrogens is 456 g/mol. The van der Waals surface area contributed by atoms with Gasteiger partial charge in [0.25, 0.3) is 5.91 Å². The number of benzene rings is 1. The highest BCUT2D eigenvalue weighted by molar-refractivity contribution is 6.24. The van der Waals surface area contributed by atoms with Crippen molar-refractivity contribution in [1.82, 2.24) is 0 Å². The van der Waals surface area contributed by atoms with Crippen LogP contribution < -0.4 is 23.0 Å². The molecule has 10 nitrogen and oxygen atoms in total. The van der Waals surface area contributed by atoms with E-state index in [0.29, 0.717) is 4.90 Å². The summed E-state index contributed by atoms with van der Waals surface area (Å²) < 4.78 is 0. The van der Waals surface area contributed by atoms with E-state index in [2.05, 4.69) is 0 Å². The molecule has 1 aromatic carbocycles. The number of phenolic OH excluding ortho intramolecular Hbond substituents is 1. The number of halogens is 1. The van der Waals surface area contributed by atoms with E-state index >= 15 is 0 Å². The Morgan fingerprint density at radius 2 is 1.76 bits per heavy atom. The van der Waals surface area contributed by atoms with Crippen LogP contribution in [0.3, 0.4) is 0 Å². The zero-order chi connectivity index (χ0) is 23.9. The van der Waals surface area contributed by atoms with Gasteiger partial charge in [-0.25, -0.2) is 0 Å². The van der Waals surface area contributed by atoms with Gasteiger partial charge in [0.2, 0.25) is 11.6 Å². The summed E-state index contributed by atoms with van der Waals surface area (Å²) in [6, 6.07) is 3.11. The molecule has 0 bridgehead atoms. The Balaban J connectivity index is 0.00000306. The predicted octanol–water partition coefficient (Wildman–Crippen LogP) is -4.78. The van der Waals surface area contributed by atoms with Gasteiger partial charge in [0.15, 0.2) is 11.6 Å². The molecule has 0 unspecified atom stereocenters. The molecule has 0 radical (unpaired) electrons. The number of aliphatic hydroxyl groups excluding tert-OH is 2. The number of nitrogens with two attached hydrogens (primary N) is 1. The van der Waals surface area contributed by atoms with E-state index < -0.39 is 69.2 Å². The number of Topliss-reactive ketones (excluding diaryl/α,β-unsaturated/α-hetero) is 2. The number of aromatic hydroxyl groups is 1. The van der Waals surface area contributed by atoms with E-state index in [-0.39, 0.29) is 35.7 Å². The van der Waals surface area contributed by atoms with Crippen LogP contribution in [0.25, 0.3) is 5.76 Å². The number of amides is 1. The first-order valence-electron chi connectivity index (χ1n) is 10.1. The number of ketones is 2. The lowest BCUT2D eigenvalue weighted by Crippen LogP contribution is -3.13. The molecule has 33 heavy (non-hydrogen) atoms. The summed E-state index contributed by atoms with van der Waals surface area (Å²) in [5, 5.41) is 54.9. The van der Waals surface area contributed by atoms with E-state index in [1.54, 1.807) is 14.1 Å². The van der Waals surface area contributed by atoms with Gasteiger partial charge in [-0.15, -0.1) is 0 Å². The van der Waals surface area contributed by atoms with Gasteiger partial charge in [0, 0.05) is 11.5 Å². The fourth-order valence-corrected chi connectivity index (χ4v) is 5.60. The Kier molecular flexibility index (Phi) is 5.66. The predicted molar refractivity (Wildman–Crippen MR) is 109 cm³/mol. The van der Waals surface area contributed by atoms with Gasteiger partial charge >= 0.3 is 0 Å². The summed E-state index contributed by atoms with van der Waals surface area (Å²) in [6.45, 7) is 1.41. The fourth-order valence-electron chi connectivity index (χ4n) is 5.60. The molecule has 0 aliphatic heterocycles. The van der Waals surface area contributed by atoms with Gasteiger partial charge in [-0.1, -0.05) is 12.1 Å². The minimum atomic E-state index is -2.72. The number of quaternary nitrogens is 1. The van der Waals surface area contributed by atoms with Crippen LogP contribution in [0.2, 0.25) is 0 Å². The standard InChI is InChI=1S/C22H24N2O8.ClH/c1-21(31)8-5-4-6-11(25)12(8)16(26)13-9(21)7-10-15(24(2)3)17(27)14(20(23)30)19(29)22(10,32)18(13)28;/h4-6,9-10,15,25-26,29,31-32H,7H2,1-3H3,(H2,23,30);1H/t9-,10-,15-,21+,22-;/m0./s1. The normalized spacial score (nSPS) is 33.3. The van der Waals surface area contributed by atoms with Crippen LogP contribution >= 0.6 is 0 Å². The second-order valence-electron chi connectivity index (χ2n) is 9.11. The molecule has 0 spiro atoms. The molecule has 1 saturated carbocycles. The number of carbonyl (C=O) groups is 3. The third-order valence-corrected chi connectivity index (χ3v) is 7.12. The van der Waals surface area contributed by atoms with Crippen molar-refractivity contribution < 1.29 is 57.2 Å². The van der Waals surface area contributed by atoms with Crippen molar-refractivity contribution >= 4 is 23.2 Å². The van der Waals surface area contributed by atoms with Crippen molar-refractivity contribution in [3.05, 3.63) is 46.2 Å². The third kappa shape index (κ3) is 2.95. The minimum absolute atomic E-state index is 0. The van der Waals surface area contributed by atoms with Gasteiger partial charge in [-0.05, 0) is 25.0 Å². The topological polar surface area (TPSA) is 183 Å². The summed E-state index contributed by atoms with van der Waals surface area (Å²) >= 11 is 0. The number of phenols is 1. The molecule has 8 N–H and O–H groups in total. The number of hydrogen-bond acceptors (Lipinski definition) is 8. The first-order valence-corrected chi connectivity index (χ1v) is 10.1. The summed E-state index contributed by atoms with van der Waals surface area (Å²) in [7, 11) is 3.17. The quantitative estimate of drug-likeness (QED) is 0.206. The maximum absolute atomic E-state index is 13.7. The Labute approximate surface area is 195 Å². The summed E-state index contributed by atoms with van der Waals surface area (Å²) in [6.07, 6.45) is -0.179. The lowest BCUT2D eigenvalue weighted by atomic mass is 9.54. The number of hydrogen-bond donors (Lipinski definition) is 7. The van der Waals surface area contributed by atoms with Crippen molar-refractivity contribution in [1.29, 1.82) is 0 Å². The maximum Gasteiger partial charge on any atom is 0.256 e. The summed E-state index contributed by atoms with van der Waals surface area (Å²) in [5.41, 5.74) is -0.466. The summed E-state index contributed by atoms with van der Waals surface area (Å²) in [5.74, 6) is -7.76. The molecule has 0 saturated heterocycles. The molecule has 5 atom stereocenters. The Bertz CT molecular complexity index is 1160. The lowest BCUT2D eigenvalue weighted by Gasteiger charge is -2.51. The zero-order valence-corrected chi connectivity index (χ0v) is 18.8. The summed E-state index contributed by atoms with van der Waals surface area (Å²) in [4.78, 5) is 39.1. The van der Waals surface area contributed by atoms with E-state index in [1.165, 1.54) is 25.1 Å². The minimum Gasteiger partial charge on any atom is -1.00 e. The highest BCUT2D eigenvalue weighted by Gasteiger charge is 2.67. The molecule has 0 aromatic heterocycles. The molecule has 4 rings (SSSR count). The van der Waals surface area contributed by atoms with Crippen LogP contribution in [0, 0.1) is 11.8 Å². The fraction of sp³-hybridized carbons (Fsp3) is 0.409. The van der Waals surface area contributed by atoms with Gasteiger partial charge in [0.1, 0.15) is 22.8 Å². The van der Waals surface area contributed by atoms with E-state index in [9.17, 15) is 39.9 Å². The average molecular weight is 481 g/mol. The zero-order valence-electron chi connectivity index (χ0n) is 18.1. The Morgan fingerprint density at radius 1 is 1.15 bits per heavy atom. The molecule has 3 aliphatic rings. The van der Waals surface area contributed by atoms with E-state index in [0.717, 1.165) is 0 Å². The number of carbonyl (C=O) groups excluding carboxylic acids is 3. The number of fused-ring (bicyclic) bond motifs is 3. The smallest absolute Gasteiger partial charge is 0.256 e. The van der Waals surface area contributed by atoms with Crippen LogP contribution in [-0.4, -0.2) is 68.7 Å². The van der Waals surface area contributed by atoms with Gasteiger partial charge in [-0.2, -0.15) is 0 Å². The van der Waals surface area contributed by atoms with Crippen molar-refractivity contribution in [3.8, 4) is 5.75 Å². The van der Waals surface area contributed by atoms with Crippen molar-refractivity contribution in [2.24, 2.45) is 17.6 Å². The van der Waals surface area contributed by atoms with Gasteiger partial charge in [0.05, 0.1) is 31.2 Å². The molecule has 178 valence electrons. The van der Waals surface area contributed by atoms with Crippen LogP contribution in [-0.2, 0) is 20.0 Å². The third-order valence-electron chi connectivity index (χ3n) is 7.12. The van der Waals surface area contributed by atoms with Crippen LogP contribution in [0.4, 0.5) is 0 Å². The van der Waals surface area contributed by atoms with Crippen molar-refractivity contribution in [3.63, 3.8) is 0 Å². The number of aliphatic hydroxyl groups is 4. The number of likely N-dealkylation sites (N-methyl/N-ethyl adjacent to an activating group) is 1. The van der Waals surface area contributed by atoms with E-state index in [1.807, 2.05) is 0 Å². The average Bonchev–Trinajstić information content (AvgIpc) is 2.68. The largest absolute Gasteiger partial charge is 1.00 e. The second kappa shape index (κ2) is 7.56. The lowest BCUT2D eigenvalue weighted by molar-refractivity contribution is -0.880.